The lowest BCUT2D eigenvalue weighted by molar-refractivity contribution is 0.0844. The van der Waals surface area contributed by atoms with Crippen LogP contribution in [0.4, 0.5) is 8.78 Å². The van der Waals surface area contributed by atoms with E-state index < -0.39 is 34.3 Å². The summed E-state index contributed by atoms with van der Waals surface area (Å²) >= 11 is 1.44. The number of aromatic nitrogens is 1. The molecule has 3 aliphatic rings. The topological polar surface area (TPSA) is 62.5 Å². The number of Topliss-reactive ketones (excluding diaryl/α,β-unsaturated/α-hetero) is 1. The number of hydrogen-bond donors (Lipinski definition) is 1. The van der Waals surface area contributed by atoms with Crippen molar-refractivity contribution in [2.45, 2.75) is 30.0 Å². The molecule has 1 spiro atoms. The molecule has 0 amide bonds. The maximum atomic E-state index is 15.0. The SMILES string of the molecule is CC1CC12CN(C1c3ccccc3SCc3c1ccc(F)c3F)n1ccc(=O)c(O)c1C2=O. The number of fused-ring (bicyclic) bond motifs is 3. The third-order valence-electron chi connectivity index (χ3n) is 7.31. The minimum atomic E-state index is -0.901. The number of halogens is 2. The highest BCUT2D eigenvalue weighted by Gasteiger charge is 2.62. The number of carbonyl (C=O) groups is 1. The molecule has 1 fully saturated rings. The largest absolute Gasteiger partial charge is 0.503 e. The van der Waals surface area contributed by atoms with Gasteiger partial charge in [0.25, 0.3) is 0 Å². The van der Waals surface area contributed by atoms with E-state index in [1.807, 2.05) is 36.2 Å². The zero-order chi connectivity index (χ0) is 23.1. The van der Waals surface area contributed by atoms with Gasteiger partial charge in [-0.2, -0.15) is 0 Å². The number of hydrogen-bond acceptors (Lipinski definition) is 5. The van der Waals surface area contributed by atoms with Gasteiger partial charge in [-0.05, 0) is 35.6 Å². The van der Waals surface area contributed by atoms with Gasteiger partial charge in [0, 0.05) is 35.0 Å². The van der Waals surface area contributed by atoms with Gasteiger partial charge in [0.2, 0.25) is 5.43 Å². The van der Waals surface area contributed by atoms with Crippen LogP contribution in [-0.4, -0.2) is 22.1 Å². The van der Waals surface area contributed by atoms with E-state index in [9.17, 15) is 23.5 Å². The molecule has 3 heterocycles. The number of thioether (sulfide) groups is 1. The van der Waals surface area contributed by atoms with Crippen LogP contribution in [0.2, 0.25) is 0 Å². The third kappa shape index (κ3) is 2.76. The summed E-state index contributed by atoms with van der Waals surface area (Å²) in [6.07, 6.45) is 2.12. The zero-order valence-corrected chi connectivity index (χ0v) is 18.5. The maximum Gasteiger partial charge on any atom is 0.224 e. The van der Waals surface area contributed by atoms with Crippen molar-refractivity contribution in [2.24, 2.45) is 11.3 Å². The molecule has 8 heteroatoms. The standard InChI is InChI=1S/C25H20F2N2O3S/c1-13-10-25(13)12-29(28-9-8-18(30)23(31)22(28)24(25)32)21-14-6-7-17(26)20(27)16(14)11-33-19-5-3-2-4-15(19)21/h2-9,13,21,31H,10-12H2,1H3. The minimum absolute atomic E-state index is 0.0448. The Morgan fingerprint density at radius 3 is 2.61 bits per heavy atom. The molecule has 1 aliphatic carbocycles. The third-order valence-corrected chi connectivity index (χ3v) is 8.42. The molecule has 5 nitrogen and oxygen atoms in total. The molecule has 1 N–H and O–H groups in total. The van der Waals surface area contributed by atoms with Crippen molar-refractivity contribution in [2.75, 3.05) is 11.6 Å². The van der Waals surface area contributed by atoms with Crippen LogP contribution in [0.3, 0.4) is 0 Å². The van der Waals surface area contributed by atoms with Gasteiger partial charge >= 0.3 is 0 Å². The number of benzene rings is 2. The lowest BCUT2D eigenvalue weighted by atomic mass is 9.88. The highest BCUT2D eigenvalue weighted by molar-refractivity contribution is 7.98. The van der Waals surface area contributed by atoms with Crippen molar-refractivity contribution in [1.82, 2.24) is 4.68 Å². The van der Waals surface area contributed by atoms with Gasteiger partial charge in [0.05, 0.1) is 11.5 Å². The summed E-state index contributed by atoms with van der Waals surface area (Å²) in [7, 11) is 0. The molecule has 2 aromatic carbocycles. The van der Waals surface area contributed by atoms with Gasteiger partial charge in [-0.1, -0.05) is 31.2 Å². The highest BCUT2D eigenvalue weighted by atomic mass is 32.2. The summed E-state index contributed by atoms with van der Waals surface area (Å²) in [6.45, 7) is 2.31. The number of carbonyl (C=O) groups excluding carboxylic acids is 1. The van der Waals surface area contributed by atoms with Crippen molar-refractivity contribution in [1.29, 1.82) is 0 Å². The van der Waals surface area contributed by atoms with E-state index >= 15 is 0 Å². The van der Waals surface area contributed by atoms with E-state index in [2.05, 4.69) is 0 Å². The Morgan fingerprint density at radius 2 is 1.85 bits per heavy atom. The van der Waals surface area contributed by atoms with E-state index in [1.54, 1.807) is 6.07 Å². The second kappa shape index (κ2) is 6.93. The van der Waals surface area contributed by atoms with Gasteiger partial charge in [-0.15, -0.1) is 11.8 Å². The van der Waals surface area contributed by atoms with Gasteiger partial charge in [0.15, 0.2) is 28.9 Å². The molecule has 0 radical (unpaired) electrons. The first-order valence-corrected chi connectivity index (χ1v) is 11.8. The molecule has 1 saturated carbocycles. The Balaban J connectivity index is 1.65. The van der Waals surface area contributed by atoms with Crippen molar-refractivity contribution in [3.8, 4) is 5.75 Å². The predicted molar refractivity (Wildman–Crippen MR) is 120 cm³/mol. The number of rotatable bonds is 1. The summed E-state index contributed by atoms with van der Waals surface area (Å²) in [5.41, 5.74) is 0.394. The first-order chi connectivity index (χ1) is 15.8. The van der Waals surface area contributed by atoms with Crippen LogP contribution in [0.15, 0.2) is 58.4 Å². The van der Waals surface area contributed by atoms with Crippen LogP contribution in [0, 0.1) is 23.0 Å². The summed E-state index contributed by atoms with van der Waals surface area (Å²) in [5.74, 6) is -2.25. The number of aromatic hydroxyl groups is 1. The monoisotopic (exact) mass is 466 g/mol. The Bertz CT molecular complexity index is 1400. The normalized spacial score (nSPS) is 25.3. The lowest BCUT2D eigenvalue weighted by Crippen LogP contribution is -2.52. The average molecular weight is 467 g/mol. The average Bonchev–Trinajstić information content (AvgIpc) is 3.49. The quantitative estimate of drug-likeness (QED) is 0.577. The number of pyridine rings is 1. The van der Waals surface area contributed by atoms with E-state index in [-0.39, 0.29) is 28.7 Å². The molecule has 33 heavy (non-hydrogen) atoms. The van der Waals surface area contributed by atoms with Crippen LogP contribution in [0.5, 0.6) is 5.75 Å². The Kier molecular flexibility index (Phi) is 4.30. The summed E-state index contributed by atoms with van der Waals surface area (Å²) in [4.78, 5) is 26.6. The molecular weight excluding hydrogens is 446 g/mol. The van der Waals surface area contributed by atoms with Crippen molar-refractivity contribution >= 4 is 17.5 Å². The fourth-order valence-corrected chi connectivity index (χ4v) is 6.46. The van der Waals surface area contributed by atoms with E-state index in [0.717, 1.165) is 16.5 Å². The van der Waals surface area contributed by atoms with Crippen LogP contribution in [0.25, 0.3) is 0 Å². The lowest BCUT2D eigenvalue weighted by Gasteiger charge is -2.43. The Hall–Kier alpha value is -3.13. The molecule has 6 rings (SSSR count). The van der Waals surface area contributed by atoms with Crippen molar-refractivity contribution in [3.63, 3.8) is 0 Å². The van der Waals surface area contributed by atoms with E-state index in [4.69, 9.17) is 0 Å². The molecule has 0 saturated heterocycles. The van der Waals surface area contributed by atoms with Gasteiger partial charge < -0.3 is 5.11 Å². The second-order valence-electron chi connectivity index (χ2n) is 9.07. The molecule has 0 bridgehead atoms. The molecular formula is C25H20F2N2O3S. The summed E-state index contributed by atoms with van der Waals surface area (Å²) in [6, 6.07) is 11.1. The number of ketones is 1. The first kappa shape index (κ1) is 20.5. The van der Waals surface area contributed by atoms with Crippen LogP contribution in [-0.2, 0) is 5.75 Å². The zero-order valence-electron chi connectivity index (χ0n) is 17.7. The molecule has 3 aromatic rings. The van der Waals surface area contributed by atoms with Gasteiger partial charge in [-0.25, -0.2) is 8.78 Å². The van der Waals surface area contributed by atoms with Crippen LogP contribution < -0.4 is 10.4 Å². The van der Waals surface area contributed by atoms with Crippen molar-refractivity contribution in [3.05, 3.63) is 92.9 Å². The Morgan fingerprint density at radius 1 is 1.09 bits per heavy atom. The fourth-order valence-electron chi connectivity index (χ4n) is 5.34. The Labute approximate surface area is 192 Å². The van der Waals surface area contributed by atoms with E-state index in [1.165, 1.54) is 28.7 Å². The number of nitrogens with zero attached hydrogens (tertiary/aromatic N) is 2. The second-order valence-corrected chi connectivity index (χ2v) is 10.1. The van der Waals surface area contributed by atoms with Crippen LogP contribution >= 0.6 is 11.8 Å². The first-order valence-electron chi connectivity index (χ1n) is 10.8. The van der Waals surface area contributed by atoms with Crippen LogP contribution in [0.1, 0.15) is 46.6 Å². The van der Waals surface area contributed by atoms with Gasteiger partial charge in [-0.3, -0.25) is 19.3 Å². The molecule has 2 aliphatic heterocycles. The molecule has 3 unspecified atom stereocenters. The summed E-state index contributed by atoms with van der Waals surface area (Å²) < 4.78 is 30.7. The van der Waals surface area contributed by atoms with E-state index in [0.29, 0.717) is 18.5 Å². The molecule has 168 valence electrons. The molecule has 3 atom stereocenters. The van der Waals surface area contributed by atoms with Crippen molar-refractivity contribution < 1.29 is 18.7 Å². The molecule has 1 aromatic heterocycles. The highest BCUT2D eigenvalue weighted by Crippen LogP contribution is 2.58. The summed E-state index contributed by atoms with van der Waals surface area (Å²) in [5, 5.41) is 12.5. The van der Waals surface area contributed by atoms with Gasteiger partial charge in [0.1, 0.15) is 0 Å². The fraction of sp³-hybridized carbons (Fsp3) is 0.280. The minimum Gasteiger partial charge on any atom is -0.503 e. The maximum absolute atomic E-state index is 15.0. The smallest absolute Gasteiger partial charge is 0.224 e. The predicted octanol–water partition coefficient (Wildman–Crippen LogP) is 4.39.